The highest BCUT2D eigenvalue weighted by atomic mass is 16.5. The number of hydrogen-bond acceptors (Lipinski definition) is 9. The summed E-state index contributed by atoms with van der Waals surface area (Å²) in [4.78, 5) is 22.7. The number of morpholine rings is 1. The number of anilines is 3. The summed E-state index contributed by atoms with van der Waals surface area (Å²) in [5, 5.41) is 10.4. The van der Waals surface area contributed by atoms with Crippen LogP contribution in [0.15, 0.2) is 18.2 Å². The van der Waals surface area contributed by atoms with Crippen LogP contribution in [0.4, 0.5) is 17.5 Å². The van der Waals surface area contributed by atoms with Crippen molar-refractivity contribution in [2.45, 2.75) is 0 Å². The second kappa shape index (κ2) is 8.53. The van der Waals surface area contributed by atoms with E-state index < -0.39 is 0 Å². The zero-order valence-electron chi connectivity index (χ0n) is 15.7. The number of nitrogens with zero attached hydrogens (tertiary/aromatic N) is 3. The van der Waals surface area contributed by atoms with Gasteiger partial charge in [-0.2, -0.15) is 9.97 Å². The summed E-state index contributed by atoms with van der Waals surface area (Å²) in [5.74, 6) is 0.859. The van der Waals surface area contributed by atoms with E-state index in [1.165, 1.54) is 14.2 Å². The first-order valence-electron chi connectivity index (χ1n) is 8.61. The summed E-state index contributed by atoms with van der Waals surface area (Å²) in [5.41, 5.74) is 7.24. The maximum Gasteiger partial charge on any atom is 0.254 e. The first-order valence-corrected chi connectivity index (χ1v) is 8.61. The van der Waals surface area contributed by atoms with Gasteiger partial charge in [0.2, 0.25) is 11.8 Å². The molecule has 2 aromatic rings. The maximum atomic E-state index is 12.7. The third kappa shape index (κ3) is 3.96. The SMILES string of the molecule is COc1cc(C(=O)N2CCOCC2)ccc1Nc1nc(N)c(C=N)c(OC)n1. The van der Waals surface area contributed by atoms with Gasteiger partial charge < -0.3 is 35.6 Å². The fraction of sp³-hybridized carbons (Fsp3) is 0.333. The van der Waals surface area contributed by atoms with Crippen molar-refractivity contribution in [2.24, 2.45) is 0 Å². The molecule has 10 nitrogen and oxygen atoms in total. The number of methoxy groups -OCH3 is 2. The summed E-state index contributed by atoms with van der Waals surface area (Å²) < 4.78 is 15.9. The van der Waals surface area contributed by atoms with Gasteiger partial charge in [-0.3, -0.25) is 4.79 Å². The lowest BCUT2D eigenvalue weighted by molar-refractivity contribution is 0.0302. The molecule has 1 aliphatic rings. The van der Waals surface area contributed by atoms with Crippen molar-refractivity contribution < 1.29 is 19.0 Å². The first-order chi connectivity index (χ1) is 13.6. The molecule has 0 aliphatic carbocycles. The van der Waals surface area contributed by atoms with Gasteiger partial charge in [0.15, 0.2) is 0 Å². The molecule has 0 bridgehead atoms. The summed E-state index contributed by atoms with van der Waals surface area (Å²) in [6.07, 6.45) is 1.03. The molecule has 28 heavy (non-hydrogen) atoms. The van der Waals surface area contributed by atoms with E-state index in [9.17, 15) is 4.79 Å². The van der Waals surface area contributed by atoms with E-state index in [1.54, 1.807) is 23.1 Å². The van der Waals surface area contributed by atoms with Crippen molar-refractivity contribution in [1.82, 2.24) is 14.9 Å². The summed E-state index contributed by atoms with van der Waals surface area (Å²) in [6, 6.07) is 5.07. The molecule has 1 aliphatic heterocycles. The van der Waals surface area contributed by atoms with Crippen molar-refractivity contribution in [3.8, 4) is 11.6 Å². The Hall–Kier alpha value is -3.40. The quantitative estimate of drug-likeness (QED) is 0.632. The number of rotatable bonds is 6. The molecular formula is C18H22N6O4. The van der Waals surface area contributed by atoms with Crippen LogP contribution in [0.25, 0.3) is 0 Å². The van der Waals surface area contributed by atoms with Crippen LogP contribution in [0.5, 0.6) is 11.6 Å². The third-order valence-corrected chi connectivity index (χ3v) is 4.27. The van der Waals surface area contributed by atoms with Crippen LogP contribution in [-0.2, 0) is 4.74 Å². The van der Waals surface area contributed by atoms with Crippen molar-refractivity contribution in [3.05, 3.63) is 29.3 Å². The van der Waals surface area contributed by atoms with E-state index in [-0.39, 0.29) is 23.6 Å². The lowest BCUT2D eigenvalue weighted by Crippen LogP contribution is -2.40. The Morgan fingerprint density at radius 3 is 2.68 bits per heavy atom. The van der Waals surface area contributed by atoms with Crippen LogP contribution in [-0.4, -0.2) is 67.5 Å². The zero-order valence-corrected chi connectivity index (χ0v) is 15.7. The molecule has 2 heterocycles. The van der Waals surface area contributed by atoms with Crippen molar-refractivity contribution >= 4 is 29.6 Å². The zero-order chi connectivity index (χ0) is 20.1. The number of amides is 1. The molecule has 1 aromatic carbocycles. The Morgan fingerprint density at radius 1 is 1.29 bits per heavy atom. The minimum Gasteiger partial charge on any atom is -0.495 e. The minimum atomic E-state index is -0.0781. The fourth-order valence-electron chi connectivity index (χ4n) is 2.81. The van der Waals surface area contributed by atoms with E-state index in [2.05, 4.69) is 15.3 Å². The van der Waals surface area contributed by atoms with Crippen LogP contribution >= 0.6 is 0 Å². The predicted octanol–water partition coefficient (Wildman–Crippen LogP) is 1.29. The minimum absolute atomic E-state index is 0.0781. The highest BCUT2D eigenvalue weighted by Gasteiger charge is 2.20. The first kappa shape index (κ1) is 19.4. The Bertz CT molecular complexity index is 883. The van der Waals surface area contributed by atoms with Crippen molar-refractivity contribution in [1.29, 1.82) is 5.41 Å². The van der Waals surface area contributed by atoms with Crippen molar-refractivity contribution in [3.63, 3.8) is 0 Å². The second-order valence-corrected chi connectivity index (χ2v) is 5.94. The van der Waals surface area contributed by atoms with Gasteiger partial charge >= 0.3 is 0 Å². The number of carbonyl (C=O) groups excluding carboxylic acids is 1. The van der Waals surface area contributed by atoms with Gasteiger partial charge in [0.1, 0.15) is 11.6 Å². The van der Waals surface area contributed by atoms with Crippen LogP contribution in [0.2, 0.25) is 0 Å². The molecule has 1 fully saturated rings. The monoisotopic (exact) mass is 386 g/mol. The average Bonchev–Trinajstić information content (AvgIpc) is 2.73. The molecular weight excluding hydrogens is 364 g/mol. The molecule has 0 unspecified atom stereocenters. The number of nitrogen functional groups attached to an aromatic ring is 1. The molecule has 0 radical (unpaired) electrons. The Balaban J connectivity index is 1.86. The molecule has 0 spiro atoms. The largest absolute Gasteiger partial charge is 0.495 e. The van der Waals surface area contributed by atoms with Gasteiger partial charge in [-0.05, 0) is 18.2 Å². The standard InChI is InChI=1S/C18H22N6O4/c1-26-14-9-11(17(25)24-5-7-28-8-6-24)3-4-13(14)21-18-22-15(20)12(10-19)16(23-18)27-2/h3-4,9-10,19H,5-8H2,1-2H3,(H3,20,21,22,23). The maximum absolute atomic E-state index is 12.7. The lowest BCUT2D eigenvalue weighted by Gasteiger charge is -2.27. The van der Waals surface area contributed by atoms with Crippen LogP contribution in [0.3, 0.4) is 0 Å². The summed E-state index contributed by atoms with van der Waals surface area (Å²) in [7, 11) is 2.95. The van der Waals surface area contributed by atoms with E-state index >= 15 is 0 Å². The average molecular weight is 386 g/mol. The number of nitrogens with two attached hydrogens (primary N) is 1. The van der Waals surface area contributed by atoms with Crippen LogP contribution < -0.4 is 20.5 Å². The fourth-order valence-corrected chi connectivity index (χ4v) is 2.81. The van der Waals surface area contributed by atoms with E-state index in [4.69, 9.17) is 25.4 Å². The van der Waals surface area contributed by atoms with E-state index in [0.29, 0.717) is 48.9 Å². The van der Waals surface area contributed by atoms with Gasteiger partial charge in [-0.25, -0.2) is 0 Å². The van der Waals surface area contributed by atoms with Gasteiger partial charge in [0.25, 0.3) is 5.91 Å². The molecule has 1 amide bonds. The number of hydrogen-bond donors (Lipinski definition) is 3. The summed E-state index contributed by atoms with van der Waals surface area (Å²) in [6.45, 7) is 2.20. The highest BCUT2D eigenvalue weighted by Crippen LogP contribution is 2.30. The Labute approximate surface area is 162 Å². The normalized spacial score (nSPS) is 13.7. The number of carbonyl (C=O) groups is 1. The van der Waals surface area contributed by atoms with E-state index in [0.717, 1.165) is 6.21 Å². The third-order valence-electron chi connectivity index (χ3n) is 4.27. The number of nitrogens with one attached hydrogen (secondary N) is 2. The van der Waals surface area contributed by atoms with Gasteiger partial charge in [-0.1, -0.05) is 0 Å². The Kier molecular flexibility index (Phi) is 5.90. The molecule has 148 valence electrons. The summed E-state index contributed by atoms with van der Waals surface area (Å²) >= 11 is 0. The smallest absolute Gasteiger partial charge is 0.254 e. The number of benzene rings is 1. The topological polar surface area (TPSA) is 136 Å². The van der Waals surface area contributed by atoms with Gasteiger partial charge in [0, 0.05) is 24.9 Å². The molecule has 4 N–H and O–H groups in total. The second-order valence-electron chi connectivity index (χ2n) is 5.94. The van der Waals surface area contributed by atoms with E-state index in [1.807, 2.05) is 0 Å². The lowest BCUT2D eigenvalue weighted by atomic mass is 10.1. The highest BCUT2D eigenvalue weighted by molar-refractivity contribution is 5.95. The Morgan fingerprint density at radius 2 is 2.04 bits per heavy atom. The predicted molar refractivity (Wildman–Crippen MR) is 104 cm³/mol. The van der Waals surface area contributed by atoms with Gasteiger partial charge in [-0.15, -0.1) is 0 Å². The molecule has 0 saturated carbocycles. The molecule has 1 aromatic heterocycles. The van der Waals surface area contributed by atoms with Gasteiger partial charge in [0.05, 0.1) is 38.7 Å². The number of ether oxygens (including phenoxy) is 3. The number of aromatic nitrogens is 2. The molecule has 1 saturated heterocycles. The molecule has 10 heteroatoms. The molecule has 3 rings (SSSR count). The van der Waals surface area contributed by atoms with Crippen molar-refractivity contribution in [2.75, 3.05) is 51.6 Å². The van der Waals surface area contributed by atoms with Crippen LogP contribution in [0, 0.1) is 5.41 Å². The van der Waals surface area contributed by atoms with Crippen LogP contribution in [0.1, 0.15) is 15.9 Å². The molecule has 0 atom stereocenters.